The molecule has 1 aliphatic rings. The summed E-state index contributed by atoms with van der Waals surface area (Å²) >= 11 is 0. The van der Waals surface area contributed by atoms with Crippen molar-refractivity contribution in [2.24, 2.45) is 0 Å². The predicted molar refractivity (Wildman–Crippen MR) is 97.4 cm³/mol. The predicted octanol–water partition coefficient (Wildman–Crippen LogP) is 3.07. The van der Waals surface area contributed by atoms with Gasteiger partial charge in [0.1, 0.15) is 0 Å². The highest BCUT2D eigenvalue weighted by Gasteiger charge is 2.28. The van der Waals surface area contributed by atoms with Gasteiger partial charge in [0, 0.05) is 30.6 Å². The first kappa shape index (κ1) is 16.7. The van der Waals surface area contributed by atoms with Crippen LogP contribution < -0.4 is 10.6 Å². The van der Waals surface area contributed by atoms with Crippen molar-refractivity contribution in [2.75, 3.05) is 38.2 Å². The number of carbonyl (C=O) groups excluding carboxylic acids is 1. The summed E-state index contributed by atoms with van der Waals surface area (Å²) in [6, 6.07) is 13.8. The molecular formula is C19H25N3O2. The molecule has 0 atom stereocenters. The lowest BCUT2D eigenvalue weighted by molar-refractivity contribution is -0.00863. The monoisotopic (exact) mass is 327 g/mol. The number of hydrogen-bond donors (Lipinski definition) is 2. The number of urea groups is 1. The zero-order chi connectivity index (χ0) is 17.0. The number of amides is 2. The first-order valence-electron chi connectivity index (χ1n) is 8.42. The summed E-state index contributed by atoms with van der Waals surface area (Å²) in [5, 5.41) is 8.13. The Labute approximate surface area is 143 Å². The molecule has 0 unspecified atom stereocenters. The average Bonchev–Trinajstić information content (AvgIpc) is 2.61. The van der Waals surface area contributed by atoms with Crippen LogP contribution in [0, 0.1) is 0 Å². The molecule has 1 heterocycles. The van der Waals surface area contributed by atoms with Crippen LogP contribution in [0.1, 0.15) is 13.8 Å². The lowest BCUT2D eigenvalue weighted by Gasteiger charge is -2.40. The molecule has 128 valence electrons. The Bertz CT molecular complexity index is 703. The van der Waals surface area contributed by atoms with Crippen LogP contribution in [-0.4, -0.2) is 49.3 Å². The van der Waals surface area contributed by atoms with Crippen molar-refractivity contribution >= 4 is 22.5 Å². The van der Waals surface area contributed by atoms with Crippen LogP contribution in [0.15, 0.2) is 42.5 Å². The fraction of sp³-hybridized carbons (Fsp3) is 0.421. The van der Waals surface area contributed by atoms with Gasteiger partial charge in [0.15, 0.2) is 0 Å². The van der Waals surface area contributed by atoms with E-state index in [-0.39, 0.29) is 11.6 Å². The maximum absolute atomic E-state index is 12.3. The lowest BCUT2D eigenvalue weighted by atomic mass is 10.0. The number of benzene rings is 2. The number of rotatable bonds is 4. The van der Waals surface area contributed by atoms with E-state index in [0.717, 1.165) is 42.8 Å². The van der Waals surface area contributed by atoms with Crippen molar-refractivity contribution in [3.8, 4) is 0 Å². The van der Waals surface area contributed by atoms with Gasteiger partial charge in [-0.25, -0.2) is 4.79 Å². The van der Waals surface area contributed by atoms with E-state index in [2.05, 4.69) is 29.4 Å². The third-order valence-electron chi connectivity index (χ3n) is 4.59. The van der Waals surface area contributed by atoms with Crippen LogP contribution in [-0.2, 0) is 4.74 Å². The van der Waals surface area contributed by atoms with E-state index < -0.39 is 0 Å². The van der Waals surface area contributed by atoms with Crippen molar-refractivity contribution in [1.82, 2.24) is 10.2 Å². The first-order chi connectivity index (χ1) is 11.6. The molecule has 2 aromatic rings. The molecule has 2 aromatic carbocycles. The zero-order valence-corrected chi connectivity index (χ0v) is 14.3. The highest BCUT2D eigenvalue weighted by Crippen LogP contribution is 2.23. The summed E-state index contributed by atoms with van der Waals surface area (Å²) in [5.74, 6) is 0. The van der Waals surface area contributed by atoms with E-state index in [4.69, 9.17) is 4.74 Å². The number of carbonyl (C=O) groups is 1. The fourth-order valence-corrected chi connectivity index (χ4v) is 3.08. The summed E-state index contributed by atoms with van der Waals surface area (Å²) < 4.78 is 5.40. The van der Waals surface area contributed by atoms with Gasteiger partial charge >= 0.3 is 6.03 Å². The number of nitrogens with zero attached hydrogens (tertiary/aromatic N) is 1. The first-order valence-corrected chi connectivity index (χ1v) is 8.42. The normalized spacial score (nSPS) is 16.1. The van der Waals surface area contributed by atoms with Gasteiger partial charge < -0.3 is 15.4 Å². The quantitative estimate of drug-likeness (QED) is 0.907. The molecule has 3 rings (SSSR count). The van der Waals surface area contributed by atoms with Gasteiger partial charge in [-0.2, -0.15) is 0 Å². The molecule has 1 aliphatic heterocycles. The number of ether oxygens (including phenoxy) is 1. The molecular weight excluding hydrogens is 302 g/mol. The van der Waals surface area contributed by atoms with Gasteiger partial charge in [-0.1, -0.05) is 36.4 Å². The number of nitrogens with one attached hydrogen (secondary N) is 2. The minimum absolute atomic E-state index is 0.0973. The van der Waals surface area contributed by atoms with Crippen LogP contribution in [0.3, 0.4) is 0 Å². The van der Waals surface area contributed by atoms with Gasteiger partial charge in [-0.05, 0) is 25.3 Å². The largest absolute Gasteiger partial charge is 0.379 e. The summed E-state index contributed by atoms with van der Waals surface area (Å²) in [5.41, 5.74) is 0.731. The maximum Gasteiger partial charge on any atom is 0.319 e. The third-order valence-corrected chi connectivity index (χ3v) is 4.59. The second-order valence-electron chi connectivity index (χ2n) is 6.75. The molecule has 0 saturated carbocycles. The molecule has 0 bridgehead atoms. The van der Waals surface area contributed by atoms with Gasteiger partial charge in [0.25, 0.3) is 0 Å². The molecule has 0 aliphatic carbocycles. The average molecular weight is 327 g/mol. The van der Waals surface area contributed by atoms with Gasteiger partial charge in [0.05, 0.1) is 18.9 Å². The zero-order valence-electron chi connectivity index (χ0n) is 14.3. The molecule has 5 heteroatoms. The van der Waals surface area contributed by atoms with Crippen LogP contribution in [0.2, 0.25) is 0 Å². The number of hydrogen-bond acceptors (Lipinski definition) is 3. The molecule has 0 spiro atoms. The Balaban J connectivity index is 1.61. The Morgan fingerprint density at radius 2 is 1.83 bits per heavy atom. The Morgan fingerprint density at radius 1 is 1.12 bits per heavy atom. The van der Waals surface area contributed by atoms with Gasteiger partial charge in [-0.3, -0.25) is 4.90 Å². The molecule has 0 aromatic heterocycles. The second kappa shape index (κ2) is 7.20. The third kappa shape index (κ3) is 3.86. The molecule has 5 nitrogen and oxygen atoms in total. The summed E-state index contributed by atoms with van der Waals surface area (Å²) in [6.45, 7) is 8.20. The molecule has 2 amide bonds. The maximum atomic E-state index is 12.3. The molecule has 2 N–H and O–H groups in total. The Morgan fingerprint density at radius 3 is 2.62 bits per heavy atom. The van der Waals surface area contributed by atoms with Crippen LogP contribution in [0.4, 0.5) is 10.5 Å². The molecule has 0 radical (unpaired) electrons. The van der Waals surface area contributed by atoms with Crippen molar-refractivity contribution in [2.45, 2.75) is 19.4 Å². The number of morpholine rings is 1. The fourth-order valence-electron chi connectivity index (χ4n) is 3.08. The Kier molecular flexibility index (Phi) is 5.02. The van der Waals surface area contributed by atoms with E-state index in [9.17, 15) is 4.79 Å². The lowest BCUT2D eigenvalue weighted by Crippen LogP contribution is -2.55. The minimum atomic E-state index is -0.173. The number of fused-ring (bicyclic) bond motifs is 1. The van der Waals surface area contributed by atoms with Crippen molar-refractivity contribution < 1.29 is 9.53 Å². The second-order valence-corrected chi connectivity index (χ2v) is 6.75. The van der Waals surface area contributed by atoms with E-state index in [1.165, 1.54) is 0 Å². The van der Waals surface area contributed by atoms with Gasteiger partial charge in [-0.15, -0.1) is 0 Å². The van der Waals surface area contributed by atoms with Crippen LogP contribution in [0.25, 0.3) is 10.8 Å². The SMILES string of the molecule is CC(C)(CNC(=O)Nc1cccc2ccccc12)N1CCOCC1. The summed E-state index contributed by atoms with van der Waals surface area (Å²) in [7, 11) is 0. The van der Waals surface area contributed by atoms with Crippen molar-refractivity contribution in [3.63, 3.8) is 0 Å². The van der Waals surface area contributed by atoms with E-state index in [1.807, 2.05) is 42.5 Å². The number of anilines is 1. The molecule has 1 fully saturated rings. The van der Waals surface area contributed by atoms with E-state index >= 15 is 0 Å². The van der Waals surface area contributed by atoms with Crippen LogP contribution in [0.5, 0.6) is 0 Å². The van der Waals surface area contributed by atoms with Crippen molar-refractivity contribution in [3.05, 3.63) is 42.5 Å². The van der Waals surface area contributed by atoms with E-state index in [0.29, 0.717) is 6.54 Å². The summed E-state index contributed by atoms with van der Waals surface area (Å²) in [6.07, 6.45) is 0. The highest BCUT2D eigenvalue weighted by atomic mass is 16.5. The van der Waals surface area contributed by atoms with Crippen molar-refractivity contribution in [1.29, 1.82) is 0 Å². The smallest absolute Gasteiger partial charge is 0.319 e. The molecule has 1 saturated heterocycles. The highest BCUT2D eigenvalue weighted by molar-refractivity contribution is 6.01. The molecule has 24 heavy (non-hydrogen) atoms. The van der Waals surface area contributed by atoms with Gasteiger partial charge in [0.2, 0.25) is 0 Å². The standard InChI is InChI=1S/C19H25N3O2/c1-19(2,22-10-12-24-13-11-22)14-20-18(23)21-17-9-5-7-15-6-3-4-8-16(15)17/h3-9H,10-14H2,1-2H3,(H2,20,21,23). The summed E-state index contributed by atoms with van der Waals surface area (Å²) in [4.78, 5) is 14.7. The van der Waals surface area contributed by atoms with E-state index in [1.54, 1.807) is 0 Å². The van der Waals surface area contributed by atoms with Crippen LogP contribution >= 0.6 is 0 Å². The Hall–Kier alpha value is -2.11. The topological polar surface area (TPSA) is 53.6 Å². The minimum Gasteiger partial charge on any atom is -0.379 e.